The summed E-state index contributed by atoms with van der Waals surface area (Å²) in [5, 5.41) is 25.9. The monoisotopic (exact) mass is 358 g/mol. The third-order valence-electron chi connectivity index (χ3n) is 0.935. The molecule has 0 bridgehead atoms. The molecule has 0 amide bonds. The van der Waals surface area contributed by atoms with Gasteiger partial charge in [-0.05, 0) is 6.42 Å². The molecule has 0 aromatic rings. The van der Waals surface area contributed by atoms with Crippen LogP contribution in [0.25, 0.3) is 0 Å². The van der Waals surface area contributed by atoms with Gasteiger partial charge in [-0.25, -0.2) is 0 Å². The minimum Gasteiger partial charge on any atom is -0.342 e. The van der Waals surface area contributed by atoms with Crippen molar-refractivity contribution in [1.82, 2.24) is 0 Å². The predicted molar refractivity (Wildman–Crippen MR) is 50.4 cm³/mol. The van der Waals surface area contributed by atoms with Gasteiger partial charge in [-0.1, -0.05) is 52.1 Å². The first kappa shape index (κ1) is 10.3. The van der Waals surface area contributed by atoms with E-state index < -0.39 is 7.40 Å². The topological polar surface area (TPSA) is 60.7 Å². The van der Waals surface area contributed by atoms with Gasteiger partial charge in [0.05, 0.1) is 0 Å². The molecule has 0 aliphatic rings. The van der Waals surface area contributed by atoms with Crippen molar-refractivity contribution in [2.45, 2.75) is 20.7 Å². The van der Waals surface area contributed by atoms with E-state index in [2.05, 4.69) is 0 Å². The third kappa shape index (κ3) is 2.83. The van der Waals surface area contributed by atoms with E-state index in [1.165, 1.54) is 0 Å². The zero-order chi connectivity index (χ0) is 7.71. The van der Waals surface area contributed by atoms with Gasteiger partial charge < -0.3 is 15.3 Å². The second-order valence-electron chi connectivity index (χ2n) is 1.69. The molecule has 0 fully saturated rings. The van der Waals surface area contributed by atoms with Crippen LogP contribution in [0.15, 0.2) is 0 Å². The van der Waals surface area contributed by atoms with Gasteiger partial charge in [0.15, 0.2) is 1.43 Å². The number of halogens is 2. The Morgan fingerprint density at radius 3 is 1.56 bits per heavy atom. The van der Waals surface area contributed by atoms with Crippen LogP contribution in [0.1, 0.15) is 13.3 Å². The lowest BCUT2D eigenvalue weighted by Gasteiger charge is -2.28. The van der Waals surface area contributed by atoms with Crippen LogP contribution in [0.5, 0.6) is 0 Å². The second-order valence-corrected chi connectivity index (χ2v) is 7.44. The molecule has 5 heteroatoms. The average Bonchev–Trinajstić information content (AvgIpc) is 1.64. The van der Waals surface area contributed by atoms with Crippen LogP contribution in [0.3, 0.4) is 0 Å². The van der Waals surface area contributed by atoms with Crippen molar-refractivity contribution in [3.05, 3.63) is 0 Å². The SMILES string of the molecule is CCC(I)(I)C(O)(O)O. The minimum atomic E-state index is -2.58. The van der Waals surface area contributed by atoms with Gasteiger partial charge in [0.1, 0.15) is 0 Å². The first-order valence-electron chi connectivity index (χ1n) is 2.36. The standard InChI is InChI=1S/C4H8I2O3/c1-2-3(5,6)4(7,8)9/h7-9H,2H2,1H3. The second kappa shape index (κ2) is 3.16. The smallest absolute Gasteiger partial charge is 0.300 e. The first-order chi connectivity index (χ1) is 3.81. The van der Waals surface area contributed by atoms with Crippen LogP contribution in [0.2, 0.25) is 0 Å². The molecule has 3 N–H and O–H groups in total. The molecule has 0 heterocycles. The van der Waals surface area contributed by atoms with Crippen LogP contribution in [0.4, 0.5) is 0 Å². The molecule has 9 heavy (non-hydrogen) atoms. The fourth-order valence-electron chi connectivity index (χ4n) is 0.237. The van der Waals surface area contributed by atoms with E-state index in [-0.39, 0.29) is 0 Å². The van der Waals surface area contributed by atoms with Crippen molar-refractivity contribution in [2.75, 3.05) is 0 Å². The van der Waals surface area contributed by atoms with Crippen molar-refractivity contribution < 1.29 is 15.3 Å². The number of hydrogen-bond acceptors (Lipinski definition) is 3. The van der Waals surface area contributed by atoms with Gasteiger partial charge in [-0.2, -0.15) is 0 Å². The highest BCUT2D eigenvalue weighted by atomic mass is 127. The maximum absolute atomic E-state index is 8.64. The molecular weight excluding hydrogens is 350 g/mol. The van der Waals surface area contributed by atoms with Gasteiger partial charge in [-0.15, -0.1) is 0 Å². The van der Waals surface area contributed by atoms with Crippen LogP contribution in [0, 0.1) is 0 Å². The molecule has 0 saturated heterocycles. The number of aliphatic hydroxyl groups is 3. The summed E-state index contributed by atoms with van der Waals surface area (Å²) in [5.41, 5.74) is 0. The molecule has 0 saturated carbocycles. The number of alkyl halides is 2. The summed E-state index contributed by atoms with van der Waals surface area (Å²) in [4.78, 5) is 0. The highest BCUT2D eigenvalue weighted by Gasteiger charge is 2.42. The zero-order valence-electron chi connectivity index (χ0n) is 4.80. The van der Waals surface area contributed by atoms with Gasteiger partial charge >= 0.3 is 0 Å². The van der Waals surface area contributed by atoms with Crippen molar-refractivity contribution in [1.29, 1.82) is 0 Å². The third-order valence-corrected chi connectivity index (χ3v) is 3.91. The van der Waals surface area contributed by atoms with Gasteiger partial charge in [0, 0.05) is 0 Å². The van der Waals surface area contributed by atoms with Gasteiger partial charge in [-0.3, -0.25) is 0 Å². The Morgan fingerprint density at radius 2 is 1.56 bits per heavy atom. The van der Waals surface area contributed by atoms with Crippen molar-refractivity contribution >= 4 is 45.2 Å². The summed E-state index contributed by atoms with van der Waals surface area (Å²) < 4.78 is -0.914. The molecule has 3 nitrogen and oxygen atoms in total. The Morgan fingerprint density at radius 1 is 1.22 bits per heavy atom. The summed E-state index contributed by atoms with van der Waals surface area (Å²) in [6, 6.07) is 0. The highest BCUT2D eigenvalue weighted by Crippen LogP contribution is 2.38. The largest absolute Gasteiger partial charge is 0.342 e. The number of rotatable bonds is 2. The Bertz CT molecular complexity index is 96.5. The molecule has 0 aromatic carbocycles. The molecule has 0 radical (unpaired) electrons. The van der Waals surface area contributed by atoms with Crippen molar-refractivity contribution in [3.63, 3.8) is 0 Å². The fraction of sp³-hybridized carbons (Fsp3) is 1.00. The highest BCUT2D eigenvalue weighted by molar-refractivity contribution is 14.2. The van der Waals surface area contributed by atoms with E-state index in [1.807, 2.05) is 0 Å². The Hall–Kier alpha value is 1.34. The van der Waals surface area contributed by atoms with E-state index in [0.717, 1.165) is 0 Å². The summed E-state index contributed by atoms with van der Waals surface area (Å²) in [5.74, 6) is -2.58. The quantitative estimate of drug-likeness (QED) is 0.385. The van der Waals surface area contributed by atoms with Crippen LogP contribution in [-0.4, -0.2) is 22.7 Å². The molecular formula is C4H8I2O3. The van der Waals surface area contributed by atoms with Crippen LogP contribution in [-0.2, 0) is 0 Å². The van der Waals surface area contributed by atoms with E-state index in [9.17, 15) is 0 Å². The number of hydrogen-bond donors (Lipinski definition) is 3. The van der Waals surface area contributed by atoms with Gasteiger partial charge in [0.25, 0.3) is 5.97 Å². The normalized spacial score (nSPS) is 14.0. The average molecular weight is 358 g/mol. The molecule has 0 atom stereocenters. The predicted octanol–water partition coefficient (Wildman–Crippen LogP) is 0.593. The molecule has 0 spiro atoms. The Labute approximate surface area is 80.7 Å². The fourth-order valence-corrected chi connectivity index (χ4v) is 0.237. The lowest BCUT2D eigenvalue weighted by atomic mass is 10.3. The molecule has 0 aliphatic heterocycles. The summed E-state index contributed by atoms with van der Waals surface area (Å²) in [6.45, 7) is 1.76. The molecule has 0 aliphatic carbocycles. The maximum Gasteiger partial charge on any atom is 0.300 e. The Kier molecular flexibility index (Phi) is 3.63. The summed E-state index contributed by atoms with van der Waals surface area (Å²) in [7, 11) is 0. The van der Waals surface area contributed by atoms with E-state index in [1.54, 1.807) is 52.1 Å². The lowest BCUT2D eigenvalue weighted by Crippen LogP contribution is -2.44. The Balaban J connectivity index is 4.14. The van der Waals surface area contributed by atoms with Crippen LogP contribution < -0.4 is 0 Å². The summed E-state index contributed by atoms with van der Waals surface area (Å²) in [6.07, 6.45) is 0.484. The van der Waals surface area contributed by atoms with Crippen molar-refractivity contribution in [2.24, 2.45) is 0 Å². The van der Waals surface area contributed by atoms with E-state index >= 15 is 0 Å². The first-order valence-corrected chi connectivity index (χ1v) is 4.52. The molecule has 0 aromatic heterocycles. The van der Waals surface area contributed by atoms with Gasteiger partial charge in [0.2, 0.25) is 0 Å². The van der Waals surface area contributed by atoms with Crippen LogP contribution >= 0.6 is 45.2 Å². The van der Waals surface area contributed by atoms with E-state index in [4.69, 9.17) is 15.3 Å². The lowest BCUT2D eigenvalue weighted by molar-refractivity contribution is -0.310. The maximum atomic E-state index is 8.64. The van der Waals surface area contributed by atoms with Crippen molar-refractivity contribution in [3.8, 4) is 0 Å². The zero-order valence-corrected chi connectivity index (χ0v) is 9.12. The molecule has 0 rings (SSSR count). The van der Waals surface area contributed by atoms with E-state index in [0.29, 0.717) is 6.42 Å². The molecule has 56 valence electrons. The minimum absolute atomic E-state index is 0.484. The molecule has 0 unspecified atom stereocenters. The summed E-state index contributed by atoms with van der Waals surface area (Å²) >= 11 is 3.57.